The van der Waals surface area contributed by atoms with Crippen molar-refractivity contribution in [3.8, 4) is 0 Å². The van der Waals surface area contributed by atoms with Gasteiger partial charge >= 0.3 is 0 Å². The van der Waals surface area contributed by atoms with Crippen LogP contribution in [0.1, 0.15) is 31.9 Å². The molecular weight excluding hydrogens is 360 g/mol. The molecule has 0 radical (unpaired) electrons. The van der Waals surface area contributed by atoms with E-state index in [4.69, 9.17) is 10.5 Å². The Morgan fingerprint density at radius 1 is 1.21 bits per heavy atom. The van der Waals surface area contributed by atoms with Crippen LogP contribution < -0.4 is 11.1 Å². The van der Waals surface area contributed by atoms with Crippen LogP contribution in [0.25, 0.3) is 11.0 Å². The Balaban J connectivity index is 1.37. The number of nitrogen functional groups attached to an aromatic ring is 1. The number of piperidine rings is 1. The van der Waals surface area contributed by atoms with E-state index in [0.717, 1.165) is 32.5 Å². The van der Waals surface area contributed by atoms with Crippen LogP contribution in [0.5, 0.6) is 0 Å². The van der Waals surface area contributed by atoms with Gasteiger partial charge in [-0.25, -0.2) is 9.97 Å². The zero-order valence-corrected chi connectivity index (χ0v) is 15.9. The molecular formula is C19H28N6O3. The highest BCUT2D eigenvalue weighted by Crippen LogP contribution is 2.39. The maximum absolute atomic E-state index is 10.7. The number of hydrogen-bond acceptors (Lipinski definition) is 8. The number of aromatic nitrogens is 3. The second-order valence-electron chi connectivity index (χ2n) is 8.29. The van der Waals surface area contributed by atoms with Crippen molar-refractivity contribution in [2.45, 2.75) is 55.8 Å². The summed E-state index contributed by atoms with van der Waals surface area (Å²) in [6.45, 7) is 3.72. The van der Waals surface area contributed by atoms with E-state index in [1.165, 1.54) is 19.2 Å². The monoisotopic (exact) mass is 388 g/mol. The van der Waals surface area contributed by atoms with Crippen LogP contribution in [0.15, 0.2) is 18.6 Å². The first-order valence-electron chi connectivity index (χ1n) is 10.1. The van der Waals surface area contributed by atoms with Crippen molar-refractivity contribution in [1.82, 2.24) is 24.8 Å². The predicted molar refractivity (Wildman–Crippen MR) is 104 cm³/mol. The molecule has 0 aromatic carbocycles. The lowest BCUT2D eigenvalue weighted by Crippen LogP contribution is -2.54. The van der Waals surface area contributed by atoms with E-state index in [1.54, 1.807) is 10.8 Å². The molecule has 3 aliphatic heterocycles. The van der Waals surface area contributed by atoms with Crippen molar-refractivity contribution in [3.05, 3.63) is 18.6 Å². The molecule has 4 atom stereocenters. The lowest BCUT2D eigenvalue weighted by molar-refractivity contribution is -0.0542. The lowest BCUT2D eigenvalue weighted by atomic mass is 9.85. The molecule has 0 bridgehead atoms. The maximum Gasteiger partial charge on any atom is 0.164 e. The number of fused-ring (bicyclic) bond motifs is 1. The van der Waals surface area contributed by atoms with E-state index in [0.29, 0.717) is 23.4 Å². The number of aliphatic hydroxyl groups is 2. The second kappa shape index (κ2) is 6.93. The third-order valence-electron chi connectivity index (χ3n) is 6.83. The Bertz CT molecular complexity index is 851. The summed E-state index contributed by atoms with van der Waals surface area (Å²) >= 11 is 0. The summed E-state index contributed by atoms with van der Waals surface area (Å²) in [5, 5.41) is 25.6. The number of nitrogens with one attached hydrogen (secondary N) is 1. The van der Waals surface area contributed by atoms with Crippen LogP contribution in [-0.4, -0.2) is 79.7 Å². The molecule has 1 spiro atoms. The Labute approximate surface area is 163 Å². The van der Waals surface area contributed by atoms with E-state index >= 15 is 0 Å². The Kier molecular flexibility index (Phi) is 4.52. The van der Waals surface area contributed by atoms with Crippen LogP contribution in [0.3, 0.4) is 0 Å². The Morgan fingerprint density at radius 3 is 2.86 bits per heavy atom. The number of aliphatic hydroxyl groups excluding tert-OH is 2. The Hall–Kier alpha value is -1.78. The topological polar surface area (TPSA) is 122 Å². The van der Waals surface area contributed by atoms with Gasteiger partial charge in [0.05, 0.1) is 5.39 Å². The lowest BCUT2D eigenvalue weighted by Gasteiger charge is -2.43. The van der Waals surface area contributed by atoms with Gasteiger partial charge in [0.1, 0.15) is 36.1 Å². The van der Waals surface area contributed by atoms with Gasteiger partial charge in [0.15, 0.2) is 6.23 Å². The molecule has 2 aromatic rings. The highest BCUT2D eigenvalue weighted by Gasteiger charge is 2.48. The molecule has 9 nitrogen and oxygen atoms in total. The van der Waals surface area contributed by atoms with E-state index in [2.05, 4.69) is 20.2 Å². The van der Waals surface area contributed by atoms with E-state index < -0.39 is 24.5 Å². The van der Waals surface area contributed by atoms with Crippen LogP contribution >= 0.6 is 0 Å². The molecule has 0 saturated carbocycles. The largest absolute Gasteiger partial charge is 0.387 e. The van der Waals surface area contributed by atoms with Gasteiger partial charge in [-0.2, -0.15) is 0 Å². The van der Waals surface area contributed by atoms with Crippen LogP contribution in [0.4, 0.5) is 5.82 Å². The number of likely N-dealkylation sites (tertiary alicyclic amines) is 1. The van der Waals surface area contributed by atoms with Gasteiger partial charge in [0.25, 0.3) is 0 Å². The minimum absolute atomic E-state index is 0.208. The molecule has 3 fully saturated rings. The highest BCUT2D eigenvalue weighted by molar-refractivity contribution is 5.86. The molecule has 0 aliphatic carbocycles. The summed E-state index contributed by atoms with van der Waals surface area (Å²) in [7, 11) is 0. The standard InChI is InChI=1S/C19H28N6O3/c20-16-12-2-9-25(17(12)23-11-22-16)18-15(27)14(26)13(28-18)10-24-8-1-3-19(24)4-6-21-7-5-19/h2,9,11,13-15,18,21,26-27H,1,3-8,10H2,(H2,20,22,23)/t13-,14-,15-,18-/m1/s1. The number of nitrogens with zero attached hydrogens (tertiary/aromatic N) is 4. The minimum atomic E-state index is -1.02. The smallest absolute Gasteiger partial charge is 0.164 e. The number of nitrogens with two attached hydrogens (primary N) is 1. The molecule has 152 valence electrons. The third-order valence-corrected chi connectivity index (χ3v) is 6.83. The summed E-state index contributed by atoms with van der Waals surface area (Å²) < 4.78 is 7.92. The van der Waals surface area contributed by atoms with Crippen molar-refractivity contribution in [2.24, 2.45) is 0 Å². The maximum atomic E-state index is 10.7. The van der Waals surface area contributed by atoms with E-state index in [-0.39, 0.29) is 5.54 Å². The molecule has 0 unspecified atom stereocenters. The number of ether oxygens (including phenoxy) is 1. The molecule has 3 saturated heterocycles. The summed E-state index contributed by atoms with van der Waals surface area (Å²) in [6.07, 6.45) is 4.69. The van der Waals surface area contributed by atoms with Gasteiger partial charge in [-0.15, -0.1) is 0 Å². The molecule has 28 heavy (non-hydrogen) atoms. The fourth-order valence-corrected chi connectivity index (χ4v) is 5.26. The summed E-state index contributed by atoms with van der Waals surface area (Å²) in [4.78, 5) is 10.8. The molecule has 9 heteroatoms. The average molecular weight is 388 g/mol. The van der Waals surface area contributed by atoms with Crippen molar-refractivity contribution in [2.75, 3.05) is 31.9 Å². The molecule has 3 aliphatic rings. The minimum Gasteiger partial charge on any atom is -0.387 e. The van der Waals surface area contributed by atoms with Crippen molar-refractivity contribution in [3.63, 3.8) is 0 Å². The Morgan fingerprint density at radius 2 is 2.04 bits per heavy atom. The quantitative estimate of drug-likeness (QED) is 0.573. The SMILES string of the molecule is Nc1ncnc2c1ccn2[C@@H]1O[C@H](CN2CCCC23CCNCC3)[C@@H](O)[C@H]1O. The second-order valence-corrected chi connectivity index (χ2v) is 8.29. The first-order chi connectivity index (χ1) is 13.6. The molecule has 5 N–H and O–H groups in total. The zero-order chi connectivity index (χ0) is 19.3. The fraction of sp³-hybridized carbons (Fsp3) is 0.684. The van der Waals surface area contributed by atoms with Crippen molar-refractivity contribution < 1.29 is 14.9 Å². The van der Waals surface area contributed by atoms with Gasteiger partial charge < -0.3 is 30.6 Å². The van der Waals surface area contributed by atoms with Gasteiger partial charge in [-0.1, -0.05) is 0 Å². The fourth-order valence-electron chi connectivity index (χ4n) is 5.26. The van der Waals surface area contributed by atoms with Crippen molar-refractivity contribution in [1.29, 1.82) is 0 Å². The first kappa shape index (κ1) is 18.3. The number of anilines is 1. The zero-order valence-electron chi connectivity index (χ0n) is 15.9. The summed E-state index contributed by atoms with van der Waals surface area (Å²) in [5.41, 5.74) is 6.72. The predicted octanol–water partition coefficient (Wildman–Crippen LogP) is -0.149. The molecule has 5 rings (SSSR count). The normalized spacial score (nSPS) is 33.2. The summed E-state index contributed by atoms with van der Waals surface area (Å²) in [6, 6.07) is 1.81. The van der Waals surface area contributed by atoms with Crippen molar-refractivity contribution >= 4 is 16.9 Å². The van der Waals surface area contributed by atoms with Gasteiger partial charge in [0, 0.05) is 18.3 Å². The third kappa shape index (κ3) is 2.81. The van der Waals surface area contributed by atoms with Crippen LogP contribution in [0.2, 0.25) is 0 Å². The molecule has 0 amide bonds. The van der Waals surface area contributed by atoms with E-state index in [9.17, 15) is 10.2 Å². The molecule has 5 heterocycles. The number of rotatable bonds is 3. The van der Waals surface area contributed by atoms with Crippen LogP contribution in [-0.2, 0) is 4.74 Å². The van der Waals surface area contributed by atoms with Gasteiger partial charge in [0.2, 0.25) is 0 Å². The van der Waals surface area contributed by atoms with Crippen LogP contribution in [0, 0.1) is 0 Å². The highest BCUT2D eigenvalue weighted by atomic mass is 16.6. The average Bonchev–Trinajstić information content (AvgIpc) is 3.37. The summed E-state index contributed by atoms with van der Waals surface area (Å²) in [5.74, 6) is 0.387. The number of hydrogen-bond donors (Lipinski definition) is 4. The van der Waals surface area contributed by atoms with Gasteiger partial charge in [-0.3, -0.25) is 4.90 Å². The molecule has 2 aromatic heterocycles. The van der Waals surface area contributed by atoms with Gasteiger partial charge in [-0.05, 0) is 51.4 Å². The first-order valence-corrected chi connectivity index (χ1v) is 10.1. The van der Waals surface area contributed by atoms with E-state index in [1.807, 2.05) is 6.07 Å².